The highest BCUT2D eigenvalue weighted by atomic mass is 35.5. The number of H-pyrrole nitrogens is 1. The Morgan fingerprint density at radius 1 is 1.17 bits per heavy atom. The Labute approximate surface area is 136 Å². The maximum atomic E-state index is 11.8. The normalized spacial score (nSPS) is 10.7. The lowest BCUT2D eigenvalue weighted by Gasteiger charge is -2.07. The number of anilines is 1. The first-order valence-corrected chi connectivity index (χ1v) is 7.40. The molecule has 1 heterocycles. The topological polar surface area (TPSA) is 87.1 Å². The zero-order valence-electron chi connectivity index (χ0n) is 12.1. The highest BCUT2D eigenvalue weighted by Crippen LogP contribution is 2.14. The number of hydrogen-bond donors (Lipinski definition) is 3. The monoisotopic (exact) mass is 331 g/mol. The number of benzene rings is 2. The molecule has 3 N–H and O–H groups in total. The molecule has 23 heavy (non-hydrogen) atoms. The molecule has 0 saturated carbocycles. The minimum absolute atomic E-state index is 0.290. The van der Waals surface area contributed by atoms with Crippen molar-refractivity contribution < 1.29 is 9.21 Å². The van der Waals surface area contributed by atoms with Gasteiger partial charge in [-0.05, 0) is 48.4 Å². The molecule has 0 aliphatic heterocycles. The minimum Gasteiger partial charge on any atom is -0.408 e. The Balaban J connectivity index is 1.52. The zero-order valence-corrected chi connectivity index (χ0v) is 12.8. The van der Waals surface area contributed by atoms with Crippen LogP contribution >= 0.6 is 11.6 Å². The number of aromatic amines is 1. The number of fused-ring (bicyclic) bond motifs is 1. The molecule has 1 aromatic heterocycles. The molecule has 2 amide bonds. The molecule has 3 aromatic rings. The van der Waals surface area contributed by atoms with Gasteiger partial charge >= 0.3 is 11.8 Å². The van der Waals surface area contributed by atoms with E-state index in [1.807, 2.05) is 6.07 Å². The number of urea groups is 1. The van der Waals surface area contributed by atoms with E-state index in [1.165, 1.54) is 0 Å². The lowest BCUT2D eigenvalue weighted by molar-refractivity contribution is 0.252. The third-order valence-electron chi connectivity index (χ3n) is 3.29. The summed E-state index contributed by atoms with van der Waals surface area (Å²) in [4.78, 5) is 25.5. The Bertz CT molecular complexity index is 883. The average molecular weight is 332 g/mol. The fraction of sp³-hybridized carbons (Fsp3) is 0.125. The second-order valence-electron chi connectivity index (χ2n) is 4.98. The van der Waals surface area contributed by atoms with E-state index in [1.54, 1.807) is 36.4 Å². The first-order valence-electron chi connectivity index (χ1n) is 7.02. The summed E-state index contributed by atoms with van der Waals surface area (Å²) in [5.41, 5.74) is 2.81. The molecule has 0 aliphatic rings. The van der Waals surface area contributed by atoms with Crippen LogP contribution in [-0.2, 0) is 6.42 Å². The number of halogens is 1. The number of carbonyl (C=O) groups is 1. The van der Waals surface area contributed by atoms with Crippen molar-refractivity contribution in [1.82, 2.24) is 10.3 Å². The number of hydrogen-bond acceptors (Lipinski definition) is 3. The van der Waals surface area contributed by atoms with Gasteiger partial charge in [0, 0.05) is 17.3 Å². The average Bonchev–Trinajstić information content (AvgIpc) is 2.89. The van der Waals surface area contributed by atoms with Crippen LogP contribution in [0.5, 0.6) is 0 Å². The van der Waals surface area contributed by atoms with Gasteiger partial charge in [0.15, 0.2) is 5.58 Å². The summed E-state index contributed by atoms with van der Waals surface area (Å²) >= 11 is 5.78. The van der Waals surface area contributed by atoms with Gasteiger partial charge in [-0.3, -0.25) is 4.98 Å². The Morgan fingerprint density at radius 3 is 2.74 bits per heavy atom. The highest BCUT2D eigenvalue weighted by molar-refractivity contribution is 6.30. The molecular formula is C16H14ClN3O3. The van der Waals surface area contributed by atoms with Crippen molar-refractivity contribution in [2.75, 3.05) is 11.9 Å². The molecule has 2 aromatic carbocycles. The molecule has 0 fully saturated rings. The zero-order chi connectivity index (χ0) is 16.2. The summed E-state index contributed by atoms with van der Waals surface area (Å²) in [7, 11) is 0. The second-order valence-corrected chi connectivity index (χ2v) is 5.42. The van der Waals surface area contributed by atoms with Gasteiger partial charge in [0.25, 0.3) is 0 Å². The molecule has 0 radical (unpaired) electrons. The third-order valence-corrected chi connectivity index (χ3v) is 3.54. The van der Waals surface area contributed by atoms with E-state index in [0.29, 0.717) is 34.8 Å². The van der Waals surface area contributed by atoms with Crippen molar-refractivity contribution in [3.63, 3.8) is 0 Å². The first kappa shape index (κ1) is 15.2. The van der Waals surface area contributed by atoms with Crippen molar-refractivity contribution in [2.45, 2.75) is 6.42 Å². The molecular weight excluding hydrogens is 318 g/mol. The maximum Gasteiger partial charge on any atom is 0.417 e. The molecule has 118 valence electrons. The molecule has 0 spiro atoms. The van der Waals surface area contributed by atoms with Crippen LogP contribution in [0, 0.1) is 0 Å². The summed E-state index contributed by atoms with van der Waals surface area (Å²) in [6.07, 6.45) is 0.624. The van der Waals surface area contributed by atoms with Crippen LogP contribution in [0.3, 0.4) is 0 Å². The molecule has 0 atom stereocenters. The third kappa shape index (κ3) is 3.92. The standard InChI is InChI=1S/C16H14ClN3O3/c17-11-2-4-12(5-3-11)19-15(21)18-8-7-10-1-6-13-14(9-10)23-16(22)20-13/h1-6,9H,7-8H2,(H,20,22)(H2,18,19,21). The quantitative estimate of drug-likeness (QED) is 0.686. The van der Waals surface area contributed by atoms with Crippen molar-refractivity contribution in [3.8, 4) is 0 Å². The largest absolute Gasteiger partial charge is 0.417 e. The number of rotatable bonds is 4. The molecule has 0 aliphatic carbocycles. The van der Waals surface area contributed by atoms with Gasteiger partial charge < -0.3 is 15.1 Å². The Kier molecular flexibility index (Phi) is 4.34. The van der Waals surface area contributed by atoms with E-state index in [9.17, 15) is 9.59 Å². The van der Waals surface area contributed by atoms with Gasteiger partial charge in [-0.25, -0.2) is 9.59 Å². The first-order chi connectivity index (χ1) is 11.1. The van der Waals surface area contributed by atoms with E-state index in [0.717, 1.165) is 5.56 Å². The van der Waals surface area contributed by atoms with Crippen molar-refractivity contribution in [1.29, 1.82) is 0 Å². The van der Waals surface area contributed by atoms with Crippen LogP contribution in [0.15, 0.2) is 51.7 Å². The predicted octanol–water partition coefficient (Wildman–Crippen LogP) is 3.14. The van der Waals surface area contributed by atoms with Gasteiger partial charge in [-0.2, -0.15) is 0 Å². The highest BCUT2D eigenvalue weighted by Gasteiger charge is 2.04. The Hall–Kier alpha value is -2.73. The number of carbonyl (C=O) groups excluding carboxylic acids is 1. The summed E-state index contributed by atoms with van der Waals surface area (Å²) in [6, 6.07) is 12.0. The van der Waals surface area contributed by atoms with Crippen LogP contribution in [0.25, 0.3) is 11.1 Å². The van der Waals surface area contributed by atoms with Crippen LogP contribution in [-0.4, -0.2) is 17.6 Å². The van der Waals surface area contributed by atoms with Crippen LogP contribution < -0.4 is 16.4 Å². The van der Waals surface area contributed by atoms with Gasteiger partial charge in [0.05, 0.1) is 5.52 Å². The summed E-state index contributed by atoms with van der Waals surface area (Å²) in [6.45, 7) is 0.458. The van der Waals surface area contributed by atoms with E-state index < -0.39 is 5.76 Å². The summed E-state index contributed by atoms with van der Waals surface area (Å²) in [5.74, 6) is -0.474. The van der Waals surface area contributed by atoms with Gasteiger partial charge in [-0.1, -0.05) is 17.7 Å². The van der Waals surface area contributed by atoms with E-state index in [4.69, 9.17) is 16.0 Å². The fourth-order valence-corrected chi connectivity index (χ4v) is 2.30. The number of amides is 2. The smallest absolute Gasteiger partial charge is 0.408 e. The molecule has 0 saturated heterocycles. The van der Waals surface area contributed by atoms with Gasteiger partial charge in [0.2, 0.25) is 0 Å². The van der Waals surface area contributed by atoms with E-state index >= 15 is 0 Å². The summed E-state index contributed by atoms with van der Waals surface area (Å²) in [5, 5.41) is 6.09. The molecule has 3 rings (SSSR count). The van der Waals surface area contributed by atoms with Crippen LogP contribution in [0.2, 0.25) is 5.02 Å². The van der Waals surface area contributed by atoms with Crippen molar-refractivity contribution in [3.05, 3.63) is 63.6 Å². The Morgan fingerprint density at radius 2 is 1.96 bits per heavy atom. The lowest BCUT2D eigenvalue weighted by Crippen LogP contribution is -2.30. The SMILES string of the molecule is O=C(NCCc1ccc2[nH]c(=O)oc2c1)Nc1ccc(Cl)cc1. The van der Waals surface area contributed by atoms with Gasteiger partial charge in [-0.15, -0.1) is 0 Å². The fourth-order valence-electron chi connectivity index (χ4n) is 2.17. The van der Waals surface area contributed by atoms with E-state index in [-0.39, 0.29) is 6.03 Å². The van der Waals surface area contributed by atoms with Crippen molar-refractivity contribution in [2.24, 2.45) is 0 Å². The molecule has 6 nitrogen and oxygen atoms in total. The minimum atomic E-state index is -0.474. The van der Waals surface area contributed by atoms with Crippen LogP contribution in [0.1, 0.15) is 5.56 Å². The molecule has 7 heteroatoms. The van der Waals surface area contributed by atoms with Crippen molar-refractivity contribution >= 4 is 34.4 Å². The second kappa shape index (κ2) is 6.58. The predicted molar refractivity (Wildman–Crippen MR) is 89.0 cm³/mol. The molecule has 0 unspecified atom stereocenters. The lowest BCUT2D eigenvalue weighted by atomic mass is 10.1. The number of oxazole rings is 1. The van der Waals surface area contributed by atoms with E-state index in [2.05, 4.69) is 15.6 Å². The molecule has 0 bridgehead atoms. The summed E-state index contributed by atoms with van der Waals surface area (Å²) < 4.78 is 5.00. The number of nitrogens with one attached hydrogen (secondary N) is 3. The maximum absolute atomic E-state index is 11.8. The van der Waals surface area contributed by atoms with Crippen LogP contribution in [0.4, 0.5) is 10.5 Å². The van der Waals surface area contributed by atoms with Gasteiger partial charge in [0.1, 0.15) is 0 Å². The number of aromatic nitrogens is 1.